The van der Waals surface area contributed by atoms with Gasteiger partial charge in [-0.05, 0) is 138 Å². The fourth-order valence-electron chi connectivity index (χ4n) is 13.7. The van der Waals surface area contributed by atoms with E-state index in [2.05, 4.69) is 42.5 Å². The van der Waals surface area contributed by atoms with E-state index in [9.17, 15) is 47.9 Å². The molecule has 4 aliphatic rings. The molecule has 8 atom stereocenters. The molecule has 2 saturated carbocycles. The molecule has 0 unspecified atom stereocenters. The maximum absolute atomic E-state index is 14.8. The Morgan fingerprint density at radius 2 is 0.830 bits per heavy atom. The van der Waals surface area contributed by atoms with Crippen LogP contribution in [0.2, 0.25) is 0 Å². The summed E-state index contributed by atoms with van der Waals surface area (Å²) in [7, 11) is 3.38. The van der Waals surface area contributed by atoms with Crippen LogP contribution >= 0.6 is 0 Å². The molecule has 2 heterocycles. The number of carbonyl (C=O) groups excluding carboxylic acids is 10. The van der Waals surface area contributed by atoms with E-state index in [-0.39, 0.29) is 110 Å². The van der Waals surface area contributed by atoms with E-state index in [1.54, 1.807) is 96.1 Å². The van der Waals surface area contributed by atoms with Crippen molar-refractivity contribution in [1.29, 1.82) is 0 Å². The van der Waals surface area contributed by atoms with Crippen molar-refractivity contribution < 1.29 is 47.9 Å². The van der Waals surface area contributed by atoms with Crippen molar-refractivity contribution in [2.75, 3.05) is 66.5 Å². The fourth-order valence-corrected chi connectivity index (χ4v) is 13.7. The number of nitrogens with one attached hydrogen (secondary N) is 8. The second-order valence-corrected chi connectivity index (χ2v) is 26.0. The van der Waals surface area contributed by atoms with Gasteiger partial charge in [-0.3, -0.25) is 47.9 Å². The molecule has 10 amide bonds. The van der Waals surface area contributed by atoms with Crippen molar-refractivity contribution in [3.8, 4) is 11.1 Å². The number of nitrogens with zero attached hydrogens (tertiary/aromatic N) is 4. The minimum absolute atomic E-state index is 0.0621. The lowest BCUT2D eigenvalue weighted by Crippen LogP contribution is -2.58. The molecule has 0 radical (unpaired) electrons. The van der Waals surface area contributed by atoms with E-state index in [1.165, 1.54) is 13.8 Å². The van der Waals surface area contributed by atoms with Crippen molar-refractivity contribution in [2.24, 2.45) is 11.8 Å². The zero-order chi connectivity index (χ0) is 67.3. The molecule has 4 fully saturated rings. The first-order chi connectivity index (χ1) is 45.3. The Morgan fingerprint density at radius 1 is 0.479 bits per heavy atom. The minimum Gasteiger partial charge on any atom is -0.352 e. The van der Waals surface area contributed by atoms with Crippen LogP contribution in [0.25, 0.3) is 11.1 Å². The van der Waals surface area contributed by atoms with Crippen LogP contribution in [0, 0.1) is 11.8 Å². The van der Waals surface area contributed by atoms with E-state index >= 15 is 0 Å². The van der Waals surface area contributed by atoms with Crippen LogP contribution in [0.1, 0.15) is 137 Å². The topological polar surface area (TPSA) is 280 Å². The van der Waals surface area contributed by atoms with Crippen molar-refractivity contribution in [3.05, 3.63) is 131 Å². The SMILES string of the molecule is CN[C@@H](C)C(=O)N[C@H](C(=O)N1C[C@@H](NC(C)=O)C[C@@H]1CN(CCc1ccccc1)C(=O)CNC(=O)c1ccc(-c2ccc(C(=O)NCC(=O)N(CCc3ccccc3)C[C@@H]3C[C@H](NC(C)=O)CN3C(=O)[C@@H](NC(=O)[C@H](C)NC)C3CCCCC3)cc2)cc1)C1CCCCC1. The number of rotatable bonds is 29. The average Bonchev–Trinajstić information content (AvgIpc) is 1.64. The molecule has 2 saturated heterocycles. The van der Waals surface area contributed by atoms with Gasteiger partial charge in [-0.25, -0.2) is 0 Å². The normalized spacial score (nSPS) is 19.6. The predicted octanol–water partition coefficient (Wildman–Crippen LogP) is 4.51. The van der Waals surface area contributed by atoms with Crippen LogP contribution in [0.5, 0.6) is 0 Å². The van der Waals surface area contributed by atoms with Gasteiger partial charge in [-0.15, -0.1) is 0 Å². The van der Waals surface area contributed by atoms with E-state index < -0.39 is 48.1 Å². The lowest BCUT2D eigenvalue weighted by molar-refractivity contribution is -0.141. The van der Waals surface area contributed by atoms with E-state index in [4.69, 9.17) is 0 Å². The van der Waals surface area contributed by atoms with Crippen LogP contribution in [0.3, 0.4) is 0 Å². The first-order valence-electron chi connectivity index (χ1n) is 33.8. The van der Waals surface area contributed by atoms with Gasteiger partial charge in [-0.2, -0.15) is 0 Å². The molecule has 94 heavy (non-hydrogen) atoms. The summed E-state index contributed by atoms with van der Waals surface area (Å²) in [4.78, 5) is 144. The number of hydrogen-bond donors (Lipinski definition) is 8. The number of amides is 10. The third-order valence-corrected chi connectivity index (χ3v) is 19.3. The van der Waals surface area contributed by atoms with Crippen molar-refractivity contribution in [2.45, 2.75) is 166 Å². The molecular formula is C72H98N12O10. The molecular weight excluding hydrogens is 1190 g/mol. The Hall–Kier alpha value is -8.50. The van der Waals surface area contributed by atoms with Crippen LogP contribution < -0.4 is 42.5 Å². The lowest BCUT2D eigenvalue weighted by Gasteiger charge is -2.37. The number of hydrogen-bond acceptors (Lipinski definition) is 12. The number of benzene rings is 4. The van der Waals surface area contributed by atoms with Crippen molar-refractivity contribution in [3.63, 3.8) is 0 Å². The highest BCUT2D eigenvalue weighted by molar-refractivity contribution is 5.98. The first kappa shape index (κ1) is 71.4. The van der Waals surface area contributed by atoms with E-state index in [1.807, 2.05) is 60.7 Å². The smallest absolute Gasteiger partial charge is 0.251 e. The van der Waals surface area contributed by atoms with Gasteiger partial charge in [0.05, 0.1) is 37.3 Å². The summed E-state index contributed by atoms with van der Waals surface area (Å²) in [5.74, 6) is -3.27. The predicted molar refractivity (Wildman–Crippen MR) is 359 cm³/mol. The van der Waals surface area contributed by atoms with Gasteiger partial charge < -0.3 is 62.1 Å². The third-order valence-electron chi connectivity index (χ3n) is 19.3. The third kappa shape index (κ3) is 20.3. The number of carbonyl (C=O) groups is 10. The summed E-state index contributed by atoms with van der Waals surface area (Å²) in [6, 6.07) is 28.8. The van der Waals surface area contributed by atoms with Crippen molar-refractivity contribution in [1.82, 2.24) is 62.1 Å². The number of likely N-dealkylation sites (tertiary alicyclic amines) is 2. The number of likely N-dealkylation sites (N-methyl/N-ethyl adjacent to an activating group) is 2. The molecule has 0 spiro atoms. The lowest BCUT2D eigenvalue weighted by atomic mass is 9.83. The Bertz CT molecular complexity index is 3000. The van der Waals surface area contributed by atoms with E-state index in [0.717, 1.165) is 86.5 Å². The van der Waals surface area contributed by atoms with Gasteiger partial charge in [0.25, 0.3) is 11.8 Å². The molecule has 22 nitrogen and oxygen atoms in total. The van der Waals surface area contributed by atoms with Gasteiger partial charge in [0, 0.05) is 76.3 Å². The maximum atomic E-state index is 14.8. The van der Waals surface area contributed by atoms with Gasteiger partial charge in [0.1, 0.15) is 12.1 Å². The summed E-state index contributed by atoms with van der Waals surface area (Å²) >= 11 is 0. The second kappa shape index (κ2) is 35.1. The summed E-state index contributed by atoms with van der Waals surface area (Å²) in [5.41, 5.74) is 4.14. The largest absolute Gasteiger partial charge is 0.352 e. The summed E-state index contributed by atoms with van der Waals surface area (Å²) in [6.45, 7) is 7.00. The van der Waals surface area contributed by atoms with Gasteiger partial charge in [0.15, 0.2) is 0 Å². The maximum Gasteiger partial charge on any atom is 0.251 e. The fraction of sp³-hybridized carbons (Fsp3) is 0.528. The minimum atomic E-state index is -0.775. The highest BCUT2D eigenvalue weighted by atomic mass is 16.2. The van der Waals surface area contributed by atoms with Crippen LogP contribution in [0.4, 0.5) is 0 Å². The Labute approximate surface area is 553 Å². The first-order valence-corrected chi connectivity index (χ1v) is 33.8. The highest BCUT2D eigenvalue weighted by Crippen LogP contribution is 2.32. The molecule has 8 rings (SSSR count). The molecule has 22 heteroatoms. The van der Waals surface area contributed by atoms with Crippen LogP contribution in [-0.2, 0) is 51.2 Å². The molecule has 2 aliphatic carbocycles. The zero-order valence-electron chi connectivity index (χ0n) is 55.6. The molecule has 8 N–H and O–H groups in total. The van der Waals surface area contributed by atoms with Gasteiger partial charge in [-0.1, -0.05) is 123 Å². The Morgan fingerprint density at radius 3 is 1.16 bits per heavy atom. The zero-order valence-corrected chi connectivity index (χ0v) is 55.6. The molecule has 0 bridgehead atoms. The second-order valence-electron chi connectivity index (χ2n) is 26.0. The van der Waals surface area contributed by atoms with Crippen LogP contribution in [-0.4, -0.2) is 193 Å². The summed E-state index contributed by atoms with van der Waals surface area (Å²) < 4.78 is 0. The molecule has 4 aromatic carbocycles. The highest BCUT2D eigenvalue weighted by Gasteiger charge is 2.45. The molecule has 506 valence electrons. The average molecular weight is 1290 g/mol. The van der Waals surface area contributed by atoms with E-state index in [0.29, 0.717) is 49.9 Å². The quantitative estimate of drug-likeness (QED) is 0.0373. The summed E-state index contributed by atoms with van der Waals surface area (Å²) in [5, 5.41) is 23.7. The molecule has 4 aromatic rings. The summed E-state index contributed by atoms with van der Waals surface area (Å²) in [6.07, 6.45) is 10.9. The molecule has 0 aromatic heterocycles. The van der Waals surface area contributed by atoms with Gasteiger partial charge >= 0.3 is 0 Å². The Kier molecular flexibility index (Phi) is 26.7. The monoisotopic (exact) mass is 1290 g/mol. The van der Waals surface area contributed by atoms with Crippen molar-refractivity contribution >= 4 is 59.1 Å². The molecule has 2 aliphatic heterocycles. The standard InChI is InChI=1S/C72H98N12O10/c1-47(73-5)67(89)79-65(55-23-15-9-16-24-55)71(93)83-43-59(77-49(3)85)39-61(83)45-81(37-35-51-19-11-7-12-20-51)63(87)41-75-69(91)57-31-27-53(28-32-57)54-29-33-58(34-30-54)70(92)76-42-64(88)82(38-36-52-21-13-8-14-22-52)46-62-40-60(78-50(4)86)44-84(62)72(94)66(56-25-17-10-18-26-56)80-68(90)48(2)74-6/h7-8,11-14,19-22,27-34,47-48,55-56,59-62,65-66,73-74H,9-10,15-18,23-26,35-46H2,1-6H3,(H,75,91)(H,76,92)(H,77,85)(H,78,86)(H,79,89)(H,80,90)/t47-,48-,59-,60-,61-,62+,65-,66-/m0/s1. The van der Waals surface area contributed by atoms with Crippen LogP contribution in [0.15, 0.2) is 109 Å². The Balaban J connectivity index is 0.904. The van der Waals surface area contributed by atoms with Gasteiger partial charge in [0.2, 0.25) is 47.3 Å².